The summed E-state index contributed by atoms with van der Waals surface area (Å²) in [7, 11) is 3.19. The lowest BCUT2D eigenvalue weighted by Crippen LogP contribution is -2.34. The molecule has 1 atom stereocenters. The molecule has 128 valence electrons. The number of hydrogen-bond donors (Lipinski definition) is 2. The van der Waals surface area contributed by atoms with Crippen LogP contribution in [0.25, 0.3) is 0 Å². The topological polar surface area (TPSA) is 59.6 Å². The highest BCUT2D eigenvalue weighted by Gasteiger charge is 2.08. The van der Waals surface area contributed by atoms with Gasteiger partial charge < -0.3 is 20.1 Å². The lowest BCUT2D eigenvalue weighted by Gasteiger charge is -2.14. The minimum absolute atomic E-state index is 0.0485. The number of nitrogens with one attached hydrogen (secondary N) is 2. The first-order valence-electron chi connectivity index (χ1n) is 7.90. The van der Waals surface area contributed by atoms with Gasteiger partial charge >= 0.3 is 0 Å². The van der Waals surface area contributed by atoms with Crippen LogP contribution in [-0.2, 0) is 11.3 Å². The van der Waals surface area contributed by atoms with Crippen molar-refractivity contribution in [3.63, 3.8) is 0 Å². The van der Waals surface area contributed by atoms with Crippen molar-refractivity contribution in [1.82, 2.24) is 10.6 Å². The fourth-order valence-corrected chi connectivity index (χ4v) is 2.36. The summed E-state index contributed by atoms with van der Waals surface area (Å²) in [5.41, 5.74) is 2.11. The Kier molecular flexibility index (Phi) is 6.63. The van der Waals surface area contributed by atoms with Gasteiger partial charge in [0.15, 0.2) is 11.5 Å². The maximum absolute atomic E-state index is 12.0. The Balaban J connectivity index is 1.81. The second kappa shape index (κ2) is 8.93. The van der Waals surface area contributed by atoms with E-state index < -0.39 is 0 Å². The van der Waals surface area contributed by atoms with E-state index in [1.165, 1.54) is 0 Å². The molecular weight excluding hydrogens is 304 g/mol. The van der Waals surface area contributed by atoms with Gasteiger partial charge in [-0.2, -0.15) is 0 Å². The molecular formula is C19H24N2O3. The van der Waals surface area contributed by atoms with Crippen molar-refractivity contribution < 1.29 is 14.3 Å². The molecule has 0 spiro atoms. The zero-order valence-electron chi connectivity index (χ0n) is 14.3. The van der Waals surface area contributed by atoms with E-state index in [0.717, 1.165) is 11.1 Å². The molecule has 2 N–H and O–H groups in total. The lowest BCUT2D eigenvalue weighted by molar-refractivity contribution is -0.120. The normalized spacial score (nSPS) is 11.6. The zero-order chi connectivity index (χ0) is 17.4. The molecule has 24 heavy (non-hydrogen) atoms. The van der Waals surface area contributed by atoms with Crippen LogP contribution in [0.2, 0.25) is 0 Å². The van der Waals surface area contributed by atoms with Crippen molar-refractivity contribution in [3.8, 4) is 11.5 Å². The molecule has 2 rings (SSSR count). The molecule has 2 aromatic carbocycles. The molecule has 1 amide bonds. The molecule has 5 heteroatoms. The van der Waals surface area contributed by atoms with Gasteiger partial charge in [-0.3, -0.25) is 4.79 Å². The Morgan fingerprint density at radius 3 is 2.42 bits per heavy atom. The Bertz CT molecular complexity index is 659. The van der Waals surface area contributed by atoms with Crippen LogP contribution in [0.3, 0.4) is 0 Å². The van der Waals surface area contributed by atoms with Crippen LogP contribution in [0.15, 0.2) is 48.5 Å². The summed E-state index contributed by atoms with van der Waals surface area (Å²) in [6, 6.07) is 15.8. The summed E-state index contributed by atoms with van der Waals surface area (Å²) in [5, 5.41) is 6.12. The third-order valence-corrected chi connectivity index (χ3v) is 3.81. The van der Waals surface area contributed by atoms with E-state index >= 15 is 0 Å². The fraction of sp³-hybridized carbons (Fsp3) is 0.316. The van der Waals surface area contributed by atoms with Gasteiger partial charge in [0.05, 0.1) is 20.8 Å². The van der Waals surface area contributed by atoms with E-state index in [1.54, 1.807) is 14.2 Å². The second-order valence-corrected chi connectivity index (χ2v) is 5.48. The predicted molar refractivity (Wildman–Crippen MR) is 94.3 cm³/mol. The highest BCUT2D eigenvalue weighted by atomic mass is 16.5. The first kappa shape index (κ1) is 17.8. The molecule has 0 aliphatic carbocycles. The van der Waals surface area contributed by atoms with Crippen LogP contribution >= 0.6 is 0 Å². The van der Waals surface area contributed by atoms with E-state index in [9.17, 15) is 4.79 Å². The van der Waals surface area contributed by atoms with Crippen molar-refractivity contribution in [3.05, 3.63) is 59.7 Å². The molecule has 0 fully saturated rings. The van der Waals surface area contributed by atoms with E-state index in [2.05, 4.69) is 10.6 Å². The van der Waals surface area contributed by atoms with E-state index in [4.69, 9.17) is 9.47 Å². The van der Waals surface area contributed by atoms with Gasteiger partial charge in [-0.15, -0.1) is 0 Å². The first-order chi connectivity index (χ1) is 11.6. The molecule has 0 aliphatic heterocycles. The van der Waals surface area contributed by atoms with Crippen molar-refractivity contribution >= 4 is 5.91 Å². The summed E-state index contributed by atoms with van der Waals surface area (Å²) < 4.78 is 10.5. The Labute approximate surface area is 143 Å². The average Bonchev–Trinajstić information content (AvgIpc) is 2.64. The van der Waals surface area contributed by atoms with Gasteiger partial charge in [0.2, 0.25) is 5.91 Å². The number of benzene rings is 2. The third-order valence-electron chi connectivity index (χ3n) is 3.81. The van der Waals surface area contributed by atoms with Gasteiger partial charge in [-0.1, -0.05) is 36.4 Å². The zero-order valence-corrected chi connectivity index (χ0v) is 14.3. The summed E-state index contributed by atoms with van der Waals surface area (Å²) in [6.45, 7) is 2.75. The summed E-state index contributed by atoms with van der Waals surface area (Å²) in [6.07, 6.45) is 0. The van der Waals surface area contributed by atoms with Gasteiger partial charge in [-0.25, -0.2) is 0 Å². The van der Waals surface area contributed by atoms with E-state index in [-0.39, 0.29) is 18.5 Å². The molecule has 0 radical (unpaired) electrons. The summed E-state index contributed by atoms with van der Waals surface area (Å²) in [4.78, 5) is 12.0. The first-order valence-corrected chi connectivity index (χ1v) is 7.90. The Morgan fingerprint density at radius 1 is 1.04 bits per heavy atom. The molecule has 0 saturated carbocycles. The maximum atomic E-state index is 12.0. The van der Waals surface area contributed by atoms with Crippen LogP contribution < -0.4 is 20.1 Å². The predicted octanol–water partition coefficient (Wildman–Crippen LogP) is 2.67. The van der Waals surface area contributed by atoms with Crippen molar-refractivity contribution in [1.29, 1.82) is 0 Å². The van der Waals surface area contributed by atoms with Gasteiger partial charge in [0.1, 0.15) is 0 Å². The number of carbonyl (C=O) groups is 1. The minimum atomic E-state index is -0.0485. The quantitative estimate of drug-likeness (QED) is 0.782. The standard InChI is InChI=1S/C19H24N2O3/c1-14(16-7-5-4-6-8-16)20-13-19(22)21-12-15-9-10-17(23-2)18(11-15)24-3/h4-11,14,20H,12-13H2,1-3H3,(H,21,22). The van der Waals surface area contributed by atoms with Crippen LogP contribution in [0, 0.1) is 0 Å². The van der Waals surface area contributed by atoms with Gasteiger partial charge in [0, 0.05) is 12.6 Å². The van der Waals surface area contributed by atoms with Crippen LogP contribution in [0.5, 0.6) is 11.5 Å². The third kappa shape index (κ3) is 4.99. The van der Waals surface area contributed by atoms with Crippen molar-refractivity contribution in [2.75, 3.05) is 20.8 Å². The average molecular weight is 328 g/mol. The molecule has 0 bridgehead atoms. The summed E-state index contributed by atoms with van der Waals surface area (Å²) in [5.74, 6) is 1.28. The van der Waals surface area contributed by atoms with Crippen molar-refractivity contribution in [2.24, 2.45) is 0 Å². The van der Waals surface area contributed by atoms with Crippen molar-refractivity contribution in [2.45, 2.75) is 19.5 Å². The molecule has 2 aromatic rings. The SMILES string of the molecule is COc1ccc(CNC(=O)CNC(C)c2ccccc2)cc1OC. The molecule has 0 aromatic heterocycles. The maximum Gasteiger partial charge on any atom is 0.234 e. The molecule has 0 aliphatic rings. The number of rotatable bonds is 8. The van der Waals surface area contributed by atoms with E-state index in [1.807, 2.05) is 55.5 Å². The Hall–Kier alpha value is -2.53. The Morgan fingerprint density at radius 2 is 1.75 bits per heavy atom. The molecule has 5 nitrogen and oxygen atoms in total. The second-order valence-electron chi connectivity index (χ2n) is 5.48. The monoisotopic (exact) mass is 328 g/mol. The highest BCUT2D eigenvalue weighted by molar-refractivity contribution is 5.78. The van der Waals surface area contributed by atoms with Gasteiger partial charge in [0.25, 0.3) is 0 Å². The van der Waals surface area contributed by atoms with Crippen LogP contribution in [0.4, 0.5) is 0 Å². The minimum Gasteiger partial charge on any atom is -0.493 e. The largest absolute Gasteiger partial charge is 0.493 e. The molecule has 0 saturated heterocycles. The lowest BCUT2D eigenvalue weighted by atomic mass is 10.1. The number of hydrogen-bond acceptors (Lipinski definition) is 4. The van der Waals surface area contributed by atoms with Crippen LogP contribution in [-0.4, -0.2) is 26.7 Å². The fourth-order valence-electron chi connectivity index (χ4n) is 2.36. The van der Waals surface area contributed by atoms with E-state index in [0.29, 0.717) is 18.0 Å². The molecule has 1 unspecified atom stereocenters. The highest BCUT2D eigenvalue weighted by Crippen LogP contribution is 2.27. The van der Waals surface area contributed by atoms with Gasteiger partial charge in [-0.05, 0) is 30.2 Å². The molecule has 0 heterocycles. The van der Waals surface area contributed by atoms with Crippen LogP contribution in [0.1, 0.15) is 24.1 Å². The smallest absolute Gasteiger partial charge is 0.234 e. The number of ether oxygens (including phenoxy) is 2. The number of amides is 1. The number of carbonyl (C=O) groups excluding carboxylic acids is 1. The number of methoxy groups -OCH3 is 2. The summed E-state index contributed by atoms with van der Waals surface area (Å²) >= 11 is 0.